The van der Waals surface area contributed by atoms with E-state index in [-0.39, 0.29) is 0 Å². The third-order valence-corrected chi connectivity index (χ3v) is 7.49. The summed E-state index contributed by atoms with van der Waals surface area (Å²) < 4.78 is 2.86. The molecule has 0 saturated heterocycles. The van der Waals surface area contributed by atoms with Crippen molar-refractivity contribution in [2.75, 3.05) is 0 Å². The van der Waals surface area contributed by atoms with Crippen LogP contribution in [-0.4, -0.2) is 0 Å². The summed E-state index contributed by atoms with van der Waals surface area (Å²) in [4.78, 5) is 0. The lowest BCUT2D eigenvalue weighted by Gasteiger charge is -2.10. The first-order chi connectivity index (χ1) is 13.9. The lowest BCUT2D eigenvalue weighted by atomic mass is 9.93. The van der Waals surface area contributed by atoms with E-state index in [9.17, 15) is 0 Å². The third kappa shape index (κ3) is 1.75. The average Bonchev–Trinajstić information content (AvgIpc) is 3.33. The first kappa shape index (κ1) is 14.8. The zero-order valence-corrected chi connectivity index (χ0v) is 16.0. The molecular formula is C27H16S. The second-order valence-corrected chi connectivity index (χ2v) is 8.75. The second-order valence-electron chi connectivity index (χ2n) is 7.70. The van der Waals surface area contributed by atoms with E-state index in [4.69, 9.17) is 0 Å². The van der Waals surface area contributed by atoms with Crippen LogP contribution >= 0.6 is 11.3 Å². The Morgan fingerprint density at radius 3 is 2.29 bits per heavy atom. The summed E-state index contributed by atoms with van der Waals surface area (Å²) in [5, 5.41) is 8.33. The van der Waals surface area contributed by atoms with Crippen molar-refractivity contribution in [2.45, 2.75) is 6.42 Å². The van der Waals surface area contributed by atoms with Gasteiger partial charge in [0.1, 0.15) is 0 Å². The quantitative estimate of drug-likeness (QED) is 0.253. The van der Waals surface area contributed by atoms with Crippen LogP contribution in [0.3, 0.4) is 0 Å². The van der Waals surface area contributed by atoms with Crippen LogP contribution in [0.25, 0.3) is 52.8 Å². The highest BCUT2D eigenvalue weighted by Gasteiger charge is 2.26. The Morgan fingerprint density at radius 1 is 0.607 bits per heavy atom. The minimum atomic E-state index is 1.04. The normalized spacial score (nSPS) is 12.9. The number of thiophene rings is 1. The first-order valence-electron chi connectivity index (χ1n) is 9.76. The molecule has 1 heteroatoms. The van der Waals surface area contributed by atoms with Gasteiger partial charge >= 0.3 is 0 Å². The maximum Gasteiger partial charge on any atom is 0.0403 e. The number of hydrogen-bond acceptors (Lipinski definition) is 1. The van der Waals surface area contributed by atoms with Gasteiger partial charge in [0.2, 0.25) is 0 Å². The summed E-state index contributed by atoms with van der Waals surface area (Å²) in [5.74, 6) is 0. The van der Waals surface area contributed by atoms with E-state index < -0.39 is 0 Å². The predicted molar refractivity (Wildman–Crippen MR) is 123 cm³/mol. The molecule has 0 spiro atoms. The van der Waals surface area contributed by atoms with E-state index in [0.717, 1.165) is 6.42 Å². The SMILES string of the molecule is c1ccc2c(c1)Cc1c-2c2ccccc2c2c1sc1ccc3ccccc3c12. The summed E-state index contributed by atoms with van der Waals surface area (Å²) in [6, 6.07) is 31.3. The number of rotatable bonds is 0. The summed E-state index contributed by atoms with van der Waals surface area (Å²) in [7, 11) is 0. The number of fused-ring (bicyclic) bond motifs is 12. The Balaban J connectivity index is 1.80. The van der Waals surface area contributed by atoms with Gasteiger partial charge in [0.25, 0.3) is 0 Å². The van der Waals surface area contributed by atoms with Crippen LogP contribution in [0.5, 0.6) is 0 Å². The van der Waals surface area contributed by atoms with Gasteiger partial charge in [0.05, 0.1) is 0 Å². The van der Waals surface area contributed by atoms with E-state index in [1.54, 1.807) is 0 Å². The zero-order chi connectivity index (χ0) is 18.2. The van der Waals surface area contributed by atoms with Crippen molar-refractivity contribution >= 4 is 53.1 Å². The summed E-state index contributed by atoms with van der Waals surface area (Å²) >= 11 is 1.97. The third-order valence-electron chi connectivity index (χ3n) is 6.28. The standard InChI is InChI=1S/C27H16S/c1-3-9-18-16(7-1)13-14-23-25(18)26-21-12-6-5-11-20(21)24-19-10-4-2-8-17(19)15-22(24)27(26)28-23/h1-14H,15H2. The van der Waals surface area contributed by atoms with Gasteiger partial charge in [-0.15, -0.1) is 11.3 Å². The van der Waals surface area contributed by atoms with E-state index >= 15 is 0 Å². The molecule has 130 valence electrons. The fourth-order valence-corrected chi connectivity index (χ4v) is 6.40. The molecule has 0 amide bonds. The highest BCUT2D eigenvalue weighted by atomic mass is 32.1. The highest BCUT2D eigenvalue weighted by Crippen LogP contribution is 2.51. The lowest BCUT2D eigenvalue weighted by Crippen LogP contribution is -1.85. The predicted octanol–water partition coefficient (Wildman–Crippen LogP) is 7.93. The van der Waals surface area contributed by atoms with E-state index in [1.807, 2.05) is 11.3 Å². The second kappa shape index (κ2) is 5.21. The zero-order valence-electron chi connectivity index (χ0n) is 15.2. The molecule has 0 N–H and O–H groups in total. The van der Waals surface area contributed by atoms with Crippen molar-refractivity contribution in [3.05, 3.63) is 96.1 Å². The smallest absolute Gasteiger partial charge is 0.0403 e. The van der Waals surface area contributed by atoms with Crippen molar-refractivity contribution in [1.82, 2.24) is 0 Å². The van der Waals surface area contributed by atoms with Crippen molar-refractivity contribution in [1.29, 1.82) is 0 Å². The maximum atomic E-state index is 2.31. The topological polar surface area (TPSA) is 0 Å². The molecule has 7 rings (SSSR count). The fourth-order valence-electron chi connectivity index (χ4n) is 5.12. The lowest BCUT2D eigenvalue weighted by molar-refractivity contribution is 1.29. The molecule has 6 aromatic rings. The molecule has 0 aliphatic heterocycles. The van der Waals surface area contributed by atoms with Gasteiger partial charge in [-0.2, -0.15) is 0 Å². The molecule has 5 aromatic carbocycles. The van der Waals surface area contributed by atoms with Gasteiger partial charge < -0.3 is 0 Å². The Morgan fingerprint density at radius 2 is 1.36 bits per heavy atom. The molecule has 0 unspecified atom stereocenters. The molecule has 1 aromatic heterocycles. The Labute approximate surface area is 166 Å². The molecule has 1 aliphatic rings. The van der Waals surface area contributed by atoms with Gasteiger partial charge in [-0.05, 0) is 49.9 Å². The largest absolute Gasteiger partial charge is 0.135 e. The molecule has 1 heterocycles. The molecular weight excluding hydrogens is 356 g/mol. The van der Waals surface area contributed by atoms with Gasteiger partial charge in [0.15, 0.2) is 0 Å². The minimum Gasteiger partial charge on any atom is -0.135 e. The van der Waals surface area contributed by atoms with Crippen molar-refractivity contribution in [2.24, 2.45) is 0 Å². The average molecular weight is 372 g/mol. The molecule has 28 heavy (non-hydrogen) atoms. The van der Waals surface area contributed by atoms with Crippen LogP contribution < -0.4 is 0 Å². The van der Waals surface area contributed by atoms with Crippen LogP contribution in [-0.2, 0) is 6.42 Å². The fraction of sp³-hybridized carbons (Fsp3) is 0.0370. The minimum absolute atomic E-state index is 1.04. The van der Waals surface area contributed by atoms with Crippen LogP contribution in [0.2, 0.25) is 0 Å². The van der Waals surface area contributed by atoms with Crippen molar-refractivity contribution < 1.29 is 0 Å². The Bertz CT molecular complexity index is 1580. The van der Waals surface area contributed by atoms with E-state index in [1.165, 1.54) is 64.0 Å². The van der Waals surface area contributed by atoms with Crippen LogP contribution in [0.15, 0.2) is 84.9 Å². The summed E-state index contributed by atoms with van der Waals surface area (Å²) in [5.41, 5.74) is 5.84. The number of benzene rings is 5. The van der Waals surface area contributed by atoms with Crippen LogP contribution in [0, 0.1) is 0 Å². The molecule has 1 aliphatic carbocycles. The summed E-state index contributed by atoms with van der Waals surface area (Å²) in [6.07, 6.45) is 1.04. The van der Waals surface area contributed by atoms with Gasteiger partial charge in [0, 0.05) is 26.6 Å². The van der Waals surface area contributed by atoms with E-state index in [0.29, 0.717) is 0 Å². The number of hydrogen-bond donors (Lipinski definition) is 0. The van der Waals surface area contributed by atoms with Gasteiger partial charge in [-0.1, -0.05) is 78.9 Å². The Kier molecular flexibility index (Phi) is 2.76. The highest BCUT2D eigenvalue weighted by molar-refractivity contribution is 7.26. The maximum absolute atomic E-state index is 2.31. The molecule has 0 nitrogen and oxygen atoms in total. The summed E-state index contributed by atoms with van der Waals surface area (Å²) in [6.45, 7) is 0. The van der Waals surface area contributed by atoms with Crippen LogP contribution in [0.1, 0.15) is 11.1 Å². The molecule has 0 atom stereocenters. The first-order valence-corrected chi connectivity index (χ1v) is 10.6. The molecule has 0 fully saturated rings. The molecule has 0 saturated carbocycles. The molecule has 0 bridgehead atoms. The molecule has 0 radical (unpaired) electrons. The van der Waals surface area contributed by atoms with Crippen molar-refractivity contribution in [3.63, 3.8) is 0 Å². The van der Waals surface area contributed by atoms with E-state index in [2.05, 4.69) is 84.9 Å². The monoisotopic (exact) mass is 372 g/mol. The van der Waals surface area contributed by atoms with Gasteiger partial charge in [-0.25, -0.2) is 0 Å². The van der Waals surface area contributed by atoms with Gasteiger partial charge in [-0.3, -0.25) is 0 Å². The van der Waals surface area contributed by atoms with Crippen molar-refractivity contribution in [3.8, 4) is 11.1 Å². The van der Waals surface area contributed by atoms with Crippen LogP contribution in [0.4, 0.5) is 0 Å². The Hall–Kier alpha value is -3.16.